The number of likely N-dealkylation sites (tertiary alicyclic amines) is 1. The van der Waals surface area contributed by atoms with E-state index in [1.807, 2.05) is 23.1 Å². The second-order valence-corrected chi connectivity index (χ2v) is 9.22. The molecule has 1 atom stereocenters. The zero-order valence-electron chi connectivity index (χ0n) is 17.2. The molecule has 152 valence electrons. The molecule has 4 rings (SSSR count). The van der Waals surface area contributed by atoms with Crippen LogP contribution >= 0.6 is 0 Å². The number of hydrogen-bond acceptors (Lipinski definition) is 3. The third-order valence-corrected chi connectivity index (χ3v) is 6.77. The molecule has 2 saturated heterocycles. The van der Waals surface area contributed by atoms with Gasteiger partial charge in [-0.25, -0.2) is 0 Å². The minimum absolute atomic E-state index is 0.113. The van der Waals surface area contributed by atoms with Gasteiger partial charge in [-0.2, -0.15) is 0 Å². The van der Waals surface area contributed by atoms with E-state index in [0.29, 0.717) is 18.4 Å². The van der Waals surface area contributed by atoms with E-state index >= 15 is 0 Å². The topological polar surface area (TPSA) is 52.7 Å². The first kappa shape index (κ1) is 19.4. The van der Waals surface area contributed by atoms with E-state index in [2.05, 4.69) is 36.2 Å². The molecular weight excluding hydrogens is 350 g/mol. The summed E-state index contributed by atoms with van der Waals surface area (Å²) in [6, 6.07) is 10.1. The first-order valence-corrected chi connectivity index (χ1v) is 10.9. The molecule has 28 heavy (non-hydrogen) atoms. The molecule has 3 aliphatic rings. The normalized spacial score (nSPS) is 24.8. The summed E-state index contributed by atoms with van der Waals surface area (Å²) >= 11 is 0. The fourth-order valence-electron chi connectivity index (χ4n) is 4.91. The SMILES string of the molecule is CC(C)CC1NC2(CCN(C(=O)C3CCC3)CC2)N(Cc2ccccc2)C1=O. The molecule has 1 aliphatic carbocycles. The molecule has 3 fully saturated rings. The molecule has 0 radical (unpaired) electrons. The molecule has 1 N–H and O–H groups in total. The summed E-state index contributed by atoms with van der Waals surface area (Å²) in [5.41, 5.74) is 0.846. The van der Waals surface area contributed by atoms with Crippen molar-refractivity contribution in [1.29, 1.82) is 0 Å². The minimum atomic E-state index is -0.317. The highest BCUT2D eigenvalue weighted by Crippen LogP contribution is 2.37. The largest absolute Gasteiger partial charge is 0.342 e. The Bertz CT molecular complexity index is 706. The van der Waals surface area contributed by atoms with Crippen molar-refractivity contribution in [3.05, 3.63) is 35.9 Å². The summed E-state index contributed by atoms with van der Waals surface area (Å²) in [5, 5.41) is 3.71. The third kappa shape index (κ3) is 3.69. The Morgan fingerprint density at radius 1 is 1.18 bits per heavy atom. The predicted octanol–water partition coefficient (Wildman–Crippen LogP) is 3.15. The molecule has 1 saturated carbocycles. The van der Waals surface area contributed by atoms with Gasteiger partial charge in [0.2, 0.25) is 11.8 Å². The molecule has 5 nitrogen and oxygen atoms in total. The number of nitrogens with one attached hydrogen (secondary N) is 1. The van der Waals surface area contributed by atoms with Crippen LogP contribution in [0.15, 0.2) is 30.3 Å². The fourth-order valence-corrected chi connectivity index (χ4v) is 4.91. The second kappa shape index (κ2) is 7.86. The number of carbonyl (C=O) groups excluding carboxylic acids is 2. The van der Waals surface area contributed by atoms with Crippen molar-refractivity contribution in [2.45, 2.75) is 70.6 Å². The highest BCUT2D eigenvalue weighted by molar-refractivity contribution is 5.85. The standard InChI is InChI=1S/C23H33N3O2/c1-17(2)15-20-22(28)26(16-18-7-4-3-5-8-18)23(24-20)11-13-25(14-12-23)21(27)19-9-6-10-19/h3-5,7-8,17,19-20,24H,6,9-16H2,1-2H3. The van der Waals surface area contributed by atoms with E-state index in [0.717, 1.165) is 50.8 Å². The van der Waals surface area contributed by atoms with Crippen molar-refractivity contribution in [1.82, 2.24) is 15.1 Å². The molecule has 2 heterocycles. The Balaban J connectivity index is 1.50. The van der Waals surface area contributed by atoms with Gasteiger partial charge in [0.1, 0.15) is 0 Å². The van der Waals surface area contributed by atoms with Gasteiger partial charge in [-0.05, 0) is 30.7 Å². The van der Waals surface area contributed by atoms with Crippen molar-refractivity contribution in [3.63, 3.8) is 0 Å². The van der Waals surface area contributed by atoms with Crippen LogP contribution in [-0.4, -0.2) is 46.4 Å². The number of nitrogens with zero attached hydrogens (tertiary/aromatic N) is 2. The van der Waals surface area contributed by atoms with Crippen molar-refractivity contribution >= 4 is 11.8 Å². The molecule has 1 aromatic rings. The lowest BCUT2D eigenvalue weighted by molar-refractivity contribution is -0.142. The zero-order valence-corrected chi connectivity index (χ0v) is 17.2. The van der Waals surface area contributed by atoms with Gasteiger partial charge in [0, 0.05) is 38.4 Å². The molecule has 1 spiro atoms. The van der Waals surface area contributed by atoms with Gasteiger partial charge in [-0.3, -0.25) is 14.9 Å². The van der Waals surface area contributed by atoms with Crippen LogP contribution in [0.2, 0.25) is 0 Å². The van der Waals surface area contributed by atoms with E-state index in [-0.39, 0.29) is 23.5 Å². The van der Waals surface area contributed by atoms with Crippen molar-refractivity contribution in [2.75, 3.05) is 13.1 Å². The maximum Gasteiger partial charge on any atom is 0.241 e. The van der Waals surface area contributed by atoms with Crippen LogP contribution in [0.5, 0.6) is 0 Å². The summed E-state index contributed by atoms with van der Waals surface area (Å²) < 4.78 is 0. The average molecular weight is 384 g/mol. The van der Waals surface area contributed by atoms with Crippen LogP contribution in [0.3, 0.4) is 0 Å². The molecule has 1 aromatic carbocycles. The maximum atomic E-state index is 13.3. The third-order valence-electron chi connectivity index (χ3n) is 6.77. The average Bonchev–Trinajstić information content (AvgIpc) is 2.86. The van der Waals surface area contributed by atoms with Gasteiger partial charge in [-0.1, -0.05) is 50.6 Å². The van der Waals surface area contributed by atoms with Gasteiger partial charge in [0.15, 0.2) is 0 Å². The number of hydrogen-bond donors (Lipinski definition) is 1. The van der Waals surface area contributed by atoms with E-state index < -0.39 is 0 Å². The highest BCUT2D eigenvalue weighted by Gasteiger charge is 2.51. The van der Waals surface area contributed by atoms with Crippen LogP contribution in [-0.2, 0) is 16.1 Å². The number of carbonyl (C=O) groups is 2. The molecule has 5 heteroatoms. The first-order chi connectivity index (χ1) is 13.5. The lowest BCUT2D eigenvalue weighted by Crippen LogP contribution is -2.60. The lowest BCUT2D eigenvalue weighted by atomic mass is 9.83. The Hall–Kier alpha value is -1.88. The van der Waals surface area contributed by atoms with Crippen molar-refractivity contribution in [3.8, 4) is 0 Å². The van der Waals surface area contributed by atoms with E-state index in [4.69, 9.17) is 0 Å². The number of amides is 2. The highest BCUT2D eigenvalue weighted by atomic mass is 16.2. The molecule has 1 unspecified atom stereocenters. The zero-order chi connectivity index (χ0) is 19.7. The Labute approximate surface area is 168 Å². The second-order valence-electron chi connectivity index (χ2n) is 9.22. The molecule has 2 aliphatic heterocycles. The van der Waals surface area contributed by atoms with Gasteiger partial charge in [-0.15, -0.1) is 0 Å². The summed E-state index contributed by atoms with van der Waals surface area (Å²) in [4.78, 5) is 30.0. The Morgan fingerprint density at radius 2 is 1.86 bits per heavy atom. The van der Waals surface area contributed by atoms with E-state index in [1.54, 1.807) is 0 Å². The monoisotopic (exact) mass is 383 g/mol. The number of piperidine rings is 1. The van der Waals surface area contributed by atoms with Gasteiger partial charge in [0.05, 0.1) is 11.7 Å². The minimum Gasteiger partial charge on any atom is -0.342 e. The van der Waals surface area contributed by atoms with Crippen LogP contribution in [0.1, 0.15) is 57.9 Å². The number of benzene rings is 1. The lowest BCUT2D eigenvalue weighted by Gasteiger charge is -2.46. The quantitative estimate of drug-likeness (QED) is 0.850. The van der Waals surface area contributed by atoms with Gasteiger partial charge < -0.3 is 9.80 Å². The summed E-state index contributed by atoms with van der Waals surface area (Å²) in [5.74, 6) is 1.27. The predicted molar refractivity (Wildman–Crippen MR) is 109 cm³/mol. The summed E-state index contributed by atoms with van der Waals surface area (Å²) in [6.07, 6.45) is 5.78. The maximum absolute atomic E-state index is 13.3. The van der Waals surface area contributed by atoms with E-state index in [9.17, 15) is 9.59 Å². The van der Waals surface area contributed by atoms with Crippen LogP contribution in [0.25, 0.3) is 0 Å². The molecule has 0 bridgehead atoms. The van der Waals surface area contributed by atoms with Crippen LogP contribution in [0.4, 0.5) is 0 Å². The van der Waals surface area contributed by atoms with Gasteiger partial charge in [0.25, 0.3) is 0 Å². The van der Waals surface area contributed by atoms with Crippen LogP contribution in [0, 0.1) is 11.8 Å². The fraction of sp³-hybridized carbons (Fsp3) is 0.652. The molecule has 2 amide bonds. The first-order valence-electron chi connectivity index (χ1n) is 10.9. The van der Waals surface area contributed by atoms with Gasteiger partial charge >= 0.3 is 0 Å². The Morgan fingerprint density at radius 3 is 2.43 bits per heavy atom. The van der Waals surface area contributed by atoms with Crippen molar-refractivity contribution in [2.24, 2.45) is 11.8 Å². The van der Waals surface area contributed by atoms with Crippen LogP contribution < -0.4 is 5.32 Å². The van der Waals surface area contributed by atoms with E-state index in [1.165, 1.54) is 6.42 Å². The molecular formula is C23H33N3O2. The Kier molecular flexibility index (Phi) is 5.46. The summed E-state index contributed by atoms with van der Waals surface area (Å²) in [7, 11) is 0. The van der Waals surface area contributed by atoms with Crippen molar-refractivity contribution < 1.29 is 9.59 Å². The smallest absolute Gasteiger partial charge is 0.241 e. The summed E-state index contributed by atoms with van der Waals surface area (Å²) in [6.45, 7) is 6.46. The number of rotatable bonds is 5. The molecule has 0 aromatic heterocycles.